The van der Waals surface area contributed by atoms with Crippen molar-refractivity contribution in [2.75, 3.05) is 7.11 Å². The van der Waals surface area contributed by atoms with Gasteiger partial charge in [-0.05, 0) is 19.9 Å². The molecule has 0 bridgehead atoms. The Morgan fingerprint density at radius 2 is 1.65 bits per heavy atom. The molecule has 0 saturated carbocycles. The molecule has 1 aromatic heterocycles. The van der Waals surface area contributed by atoms with Gasteiger partial charge in [0.15, 0.2) is 5.82 Å². The van der Waals surface area contributed by atoms with Crippen molar-refractivity contribution in [3.8, 4) is 11.1 Å². The number of hydrogen-bond acceptors (Lipinski definition) is 3. The van der Waals surface area contributed by atoms with Gasteiger partial charge in [-0.2, -0.15) is 0 Å². The standard InChI is InChI=1S/C14H13BrCl2N2O/c1-14(2,20-3)13-18-11(16)10(12(17)19-13)8-6-4-5-7-9(8)15/h4-7H,1-3H3. The summed E-state index contributed by atoms with van der Waals surface area (Å²) in [6.07, 6.45) is 0. The summed E-state index contributed by atoms with van der Waals surface area (Å²) < 4.78 is 6.23. The minimum atomic E-state index is -0.653. The second kappa shape index (κ2) is 5.98. The number of nitrogens with zero attached hydrogens (tertiary/aromatic N) is 2. The van der Waals surface area contributed by atoms with Crippen molar-refractivity contribution in [1.29, 1.82) is 0 Å². The van der Waals surface area contributed by atoms with Crippen molar-refractivity contribution < 1.29 is 4.74 Å². The van der Waals surface area contributed by atoms with Crippen molar-refractivity contribution in [3.63, 3.8) is 0 Å². The highest BCUT2D eigenvalue weighted by Crippen LogP contribution is 2.38. The van der Waals surface area contributed by atoms with Gasteiger partial charge in [-0.15, -0.1) is 0 Å². The normalized spacial score (nSPS) is 11.7. The molecule has 1 heterocycles. The number of aromatic nitrogens is 2. The zero-order valence-electron chi connectivity index (χ0n) is 11.2. The summed E-state index contributed by atoms with van der Waals surface area (Å²) in [6, 6.07) is 7.63. The minimum Gasteiger partial charge on any atom is -0.371 e. The van der Waals surface area contributed by atoms with Crippen LogP contribution >= 0.6 is 39.1 Å². The van der Waals surface area contributed by atoms with Crippen LogP contribution in [0.2, 0.25) is 10.3 Å². The zero-order chi connectivity index (χ0) is 14.9. The molecule has 0 atom stereocenters. The second-order valence-electron chi connectivity index (χ2n) is 4.70. The first-order valence-corrected chi connectivity index (χ1v) is 7.45. The first kappa shape index (κ1) is 15.7. The molecule has 6 heteroatoms. The number of ether oxygens (including phenoxy) is 1. The molecule has 0 aliphatic carbocycles. The predicted octanol–water partition coefficient (Wildman–Crippen LogP) is 5.09. The molecular weight excluding hydrogens is 363 g/mol. The van der Waals surface area contributed by atoms with Crippen molar-refractivity contribution in [2.24, 2.45) is 0 Å². The van der Waals surface area contributed by atoms with E-state index in [0.717, 1.165) is 10.0 Å². The Kier molecular flexibility index (Phi) is 4.69. The van der Waals surface area contributed by atoms with Gasteiger partial charge in [0, 0.05) is 17.1 Å². The molecule has 1 aromatic carbocycles. The van der Waals surface area contributed by atoms with Gasteiger partial charge in [0.05, 0.1) is 5.56 Å². The molecule has 0 aliphatic heterocycles. The smallest absolute Gasteiger partial charge is 0.163 e. The SMILES string of the molecule is COC(C)(C)c1nc(Cl)c(-c2ccccc2Br)c(Cl)n1. The molecule has 2 aromatic rings. The van der Waals surface area contributed by atoms with Crippen LogP contribution in [0.15, 0.2) is 28.7 Å². The summed E-state index contributed by atoms with van der Waals surface area (Å²) in [7, 11) is 1.59. The summed E-state index contributed by atoms with van der Waals surface area (Å²) in [5.41, 5.74) is 0.806. The van der Waals surface area contributed by atoms with Gasteiger partial charge in [-0.25, -0.2) is 9.97 Å². The van der Waals surface area contributed by atoms with Gasteiger partial charge in [0.25, 0.3) is 0 Å². The van der Waals surface area contributed by atoms with E-state index in [-0.39, 0.29) is 0 Å². The highest BCUT2D eigenvalue weighted by Gasteiger charge is 2.26. The van der Waals surface area contributed by atoms with E-state index >= 15 is 0 Å². The van der Waals surface area contributed by atoms with Crippen LogP contribution in [0.5, 0.6) is 0 Å². The molecule has 0 fully saturated rings. The zero-order valence-corrected chi connectivity index (χ0v) is 14.3. The summed E-state index contributed by atoms with van der Waals surface area (Å²) in [4.78, 5) is 8.64. The second-order valence-corrected chi connectivity index (χ2v) is 6.27. The highest BCUT2D eigenvalue weighted by atomic mass is 79.9. The summed E-state index contributed by atoms with van der Waals surface area (Å²) in [5.74, 6) is 0.450. The number of hydrogen-bond donors (Lipinski definition) is 0. The number of methoxy groups -OCH3 is 1. The third kappa shape index (κ3) is 2.98. The van der Waals surface area contributed by atoms with Crippen molar-refractivity contribution >= 4 is 39.1 Å². The van der Waals surface area contributed by atoms with E-state index in [0.29, 0.717) is 21.7 Å². The van der Waals surface area contributed by atoms with E-state index in [1.165, 1.54) is 0 Å². The Morgan fingerprint density at radius 1 is 1.10 bits per heavy atom. The van der Waals surface area contributed by atoms with Crippen LogP contribution in [0.1, 0.15) is 19.7 Å². The third-order valence-electron chi connectivity index (χ3n) is 3.01. The van der Waals surface area contributed by atoms with E-state index in [9.17, 15) is 0 Å². The van der Waals surface area contributed by atoms with Gasteiger partial charge in [-0.3, -0.25) is 0 Å². The van der Waals surface area contributed by atoms with Crippen molar-refractivity contribution in [3.05, 3.63) is 44.9 Å². The lowest BCUT2D eigenvalue weighted by atomic mass is 10.1. The maximum absolute atomic E-state index is 6.29. The molecule has 0 aliphatic rings. The van der Waals surface area contributed by atoms with Gasteiger partial charge in [0.2, 0.25) is 0 Å². The lowest BCUT2D eigenvalue weighted by Gasteiger charge is -2.22. The molecule has 106 valence electrons. The monoisotopic (exact) mass is 374 g/mol. The molecule has 2 rings (SSSR count). The average Bonchev–Trinajstić information content (AvgIpc) is 2.40. The van der Waals surface area contributed by atoms with Crippen LogP contribution in [0.3, 0.4) is 0 Å². The topological polar surface area (TPSA) is 35.0 Å². The summed E-state index contributed by atoms with van der Waals surface area (Å²) in [5, 5.41) is 0.606. The van der Waals surface area contributed by atoms with Gasteiger partial charge in [-0.1, -0.05) is 57.3 Å². The van der Waals surface area contributed by atoms with Gasteiger partial charge >= 0.3 is 0 Å². The maximum atomic E-state index is 6.29. The summed E-state index contributed by atoms with van der Waals surface area (Å²) in [6.45, 7) is 3.71. The number of rotatable bonds is 3. The largest absolute Gasteiger partial charge is 0.371 e. The Balaban J connectivity index is 2.62. The Hall–Kier alpha value is -0.680. The Labute approximate surface area is 136 Å². The number of halogens is 3. The van der Waals surface area contributed by atoms with Crippen LogP contribution in [-0.4, -0.2) is 17.1 Å². The lowest BCUT2D eigenvalue weighted by Crippen LogP contribution is -2.23. The molecule has 0 unspecified atom stereocenters. The van der Waals surface area contributed by atoms with E-state index in [1.54, 1.807) is 7.11 Å². The fraction of sp³-hybridized carbons (Fsp3) is 0.286. The lowest BCUT2D eigenvalue weighted by molar-refractivity contribution is 0.0115. The average molecular weight is 376 g/mol. The van der Waals surface area contributed by atoms with Gasteiger partial charge < -0.3 is 4.74 Å². The van der Waals surface area contributed by atoms with Crippen LogP contribution in [0, 0.1) is 0 Å². The highest BCUT2D eigenvalue weighted by molar-refractivity contribution is 9.10. The molecule has 0 spiro atoms. The number of benzene rings is 1. The molecule has 0 radical (unpaired) electrons. The first-order valence-electron chi connectivity index (χ1n) is 5.90. The molecular formula is C14H13BrCl2N2O. The fourth-order valence-electron chi connectivity index (χ4n) is 1.65. The molecule has 20 heavy (non-hydrogen) atoms. The molecule has 0 N–H and O–H groups in total. The van der Waals surface area contributed by atoms with Crippen molar-refractivity contribution in [2.45, 2.75) is 19.4 Å². The van der Waals surface area contributed by atoms with E-state index in [1.807, 2.05) is 38.1 Å². The fourth-order valence-corrected chi connectivity index (χ4v) is 2.73. The Bertz CT molecular complexity index is 624. The third-order valence-corrected chi connectivity index (χ3v) is 4.25. The van der Waals surface area contributed by atoms with Crippen LogP contribution < -0.4 is 0 Å². The predicted molar refractivity (Wildman–Crippen MR) is 85.2 cm³/mol. The first-order chi connectivity index (χ1) is 9.36. The van der Waals surface area contributed by atoms with E-state index in [4.69, 9.17) is 27.9 Å². The van der Waals surface area contributed by atoms with Crippen LogP contribution in [-0.2, 0) is 10.3 Å². The quantitative estimate of drug-likeness (QED) is 0.700. The maximum Gasteiger partial charge on any atom is 0.163 e. The van der Waals surface area contributed by atoms with E-state index in [2.05, 4.69) is 25.9 Å². The molecule has 3 nitrogen and oxygen atoms in total. The van der Waals surface area contributed by atoms with Crippen LogP contribution in [0.25, 0.3) is 11.1 Å². The van der Waals surface area contributed by atoms with E-state index < -0.39 is 5.60 Å². The van der Waals surface area contributed by atoms with Crippen LogP contribution in [0.4, 0.5) is 0 Å². The minimum absolute atomic E-state index is 0.303. The molecule has 0 saturated heterocycles. The van der Waals surface area contributed by atoms with Crippen molar-refractivity contribution in [1.82, 2.24) is 9.97 Å². The van der Waals surface area contributed by atoms with Gasteiger partial charge in [0.1, 0.15) is 15.9 Å². The summed E-state index contributed by atoms with van der Waals surface area (Å²) >= 11 is 16.1. The molecule has 0 amide bonds. The Morgan fingerprint density at radius 3 is 2.15 bits per heavy atom.